The van der Waals surface area contributed by atoms with Crippen LogP contribution < -0.4 is 9.80 Å². The summed E-state index contributed by atoms with van der Waals surface area (Å²) in [6.07, 6.45) is 4.04. The van der Waals surface area contributed by atoms with Crippen LogP contribution in [0.15, 0.2) is 54.7 Å². The molecule has 0 radical (unpaired) electrons. The van der Waals surface area contributed by atoms with Crippen molar-refractivity contribution >= 4 is 28.5 Å². The summed E-state index contributed by atoms with van der Waals surface area (Å²) >= 11 is 0. The third-order valence-electron chi connectivity index (χ3n) is 5.89. The number of para-hydroxylation sites is 3. The molecule has 1 aromatic heterocycles. The summed E-state index contributed by atoms with van der Waals surface area (Å²) in [5, 5.41) is 18.7. The minimum absolute atomic E-state index is 0.0781. The fourth-order valence-electron chi connectivity index (χ4n) is 4.11. The van der Waals surface area contributed by atoms with Crippen LogP contribution in [0, 0.1) is 29.7 Å². The van der Waals surface area contributed by atoms with Crippen molar-refractivity contribution in [3.8, 4) is 6.19 Å². The summed E-state index contributed by atoms with van der Waals surface area (Å²) in [5.41, 5.74) is 3.49. The predicted octanol–water partition coefficient (Wildman–Crippen LogP) is 4.01. The Labute approximate surface area is 183 Å². The van der Waals surface area contributed by atoms with Crippen molar-refractivity contribution in [1.82, 2.24) is 14.9 Å². The zero-order chi connectivity index (χ0) is 22.0. The molecule has 7 heteroatoms. The van der Waals surface area contributed by atoms with Gasteiger partial charge < -0.3 is 9.80 Å². The highest BCUT2D eigenvalue weighted by Gasteiger charge is 2.34. The lowest BCUT2D eigenvalue weighted by molar-refractivity contribution is 0.221. The Morgan fingerprint density at radius 1 is 1.13 bits per heavy atom. The van der Waals surface area contributed by atoms with E-state index in [0.29, 0.717) is 19.0 Å². The van der Waals surface area contributed by atoms with E-state index in [-0.39, 0.29) is 12.0 Å². The minimum atomic E-state index is 0.0781. The lowest BCUT2D eigenvalue weighted by Gasteiger charge is -2.45. The highest BCUT2D eigenvalue weighted by Crippen LogP contribution is 2.26. The van der Waals surface area contributed by atoms with Crippen molar-refractivity contribution in [1.29, 1.82) is 10.7 Å². The Kier molecular flexibility index (Phi) is 5.72. The maximum absolute atomic E-state index is 9.84. The van der Waals surface area contributed by atoms with Crippen LogP contribution in [0.25, 0.3) is 11.0 Å². The number of anilines is 2. The van der Waals surface area contributed by atoms with Gasteiger partial charge in [-0.2, -0.15) is 5.26 Å². The molecule has 4 rings (SSSR count). The van der Waals surface area contributed by atoms with Gasteiger partial charge >= 0.3 is 0 Å². The van der Waals surface area contributed by atoms with E-state index in [2.05, 4.69) is 29.9 Å². The molecule has 2 heterocycles. The molecular formula is C24H27N7. The molecule has 3 aromatic rings. The van der Waals surface area contributed by atoms with Gasteiger partial charge in [0.2, 0.25) is 5.96 Å². The van der Waals surface area contributed by atoms with E-state index < -0.39 is 0 Å². The molecule has 0 spiro atoms. The number of hydrogen-bond acceptors (Lipinski definition) is 5. The van der Waals surface area contributed by atoms with Crippen molar-refractivity contribution in [2.75, 3.05) is 29.4 Å². The molecule has 1 aliphatic heterocycles. The van der Waals surface area contributed by atoms with E-state index in [1.54, 1.807) is 0 Å². The normalized spacial score (nSPS) is 16.4. The van der Waals surface area contributed by atoms with Crippen molar-refractivity contribution in [2.45, 2.75) is 26.8 Å². The first kappa shape index (κ1) is 20.6. The molecular weight excluding hydrogens is 386 g/mol. The molecule has 1 aliphatic rings. The first-order valence-corrected chi connectivity index (χ1v) is 10.6. The smallest absolute Gasteiger partial charge is 0.212 e. The van der Waals surface area contributed by atoms with Crippen LogP contribution in [0.4, 0.5) is 11.5 Å². The van der Waals surface area contributed by atoms with Gasteiger partial charge in [0.1, 0.15) is 5.82 Å². The van der Waals surface area contributed by atoms with Crippen LogP contribution in [-0.4, -0.2) is 46.5 Å². The predicted molar refractivity (Wildman–Crippen MR) is 124 cm³/mol. The molecule has 158 valence electrons. The summed E-state index contributed by atoms with van der Waals surface area (Å²) in [7, 11) is 0. The molecule has 1 N–H and O–H groups in total. The Balaban J connectivity index is 1.58. The average molecular weight is 414 g/mol. The fraction of sp³-hybridized carbons (Fsp3) is 0.333. The lowest BCUT2D eigenvalue weighted by atomic mass is 9.99. The molecule has 1 fully saturated rings. The van der Waals surface area contributed by atoms with Crippen LogP contribution in [0.1, 0.15) is 19.4 Å². The van der Waals surface area contributed by atoms with Gasteiger partial charge in [0.05, 0.1) is 29.0 Å². The van der Waals surface area contributed by atoms with Gasteiger partial charge in [-0.25, -0.2) is 9.88 Å². The Hall–Kier alpha value is -3.66. The number of aromatic nitrogens is 2. The number of piperazine rings is 1. The summed E-state index contributed by atoms with van der Waals surface area (Å²) < 4.78 is 0. The van der Waals surface area contributed by atoms with Crippen molar-refractivity contribution in [3.63, 3.8) is 0 Å². The second kappa shape index (κ2) is 8.60. The van der Waals surface area contributed by atoms with Crippen molar-refractivity contribution in [3.05, 3.63) is 60.3 Å². The van der Waals surface area contributed by atoms with Gasteiger partial charge in [-0.1, -0.05) is 44.2 Å². The Morgan fingerprint density at radius 3 is 2.55 bits per heavy atom. The number of aryl methyl sites for hydroxylation is 1. The molecule has 0 amide bonds. The number of hydrogen-bond donors (Lipinski definition) is 1. The SMILES string of the molecule is Cc1ccccc1N(C#N)C(=N)N1CCN(c2cnc3ccccc3n2)C[C@@H]1C(C)C. The minimum Gasteiger partial charge on any atom is -0.351 e. The first-order chi connectivity index (χ1) is 15.0. The Morgan fingerprint density at radius 2 is 1.84 bits per heavy atom. The molecule has 0 aliphatic carbocycles. The van der Waals surface area contributed by atoms with Crippen LogP contribution in [0.2, 0.25) is 0 Å². The van der Waals surface area contributed by atoms with Crippen LogP contribution in [0.3, 0.4) is 0 Å². The number of rotatable bonds is 3. The van der Waals surface area contributed by atoms with Gasteiger partial charge in [-0.15, -0.1) is 0 Å². The number of nitrogens with one attached hydrogen (secondary N) is 1. The van der Waals surface area contributed by atoms with E-state index in [4.69, 9.17) is 10.4 Å². The maximum atomic E-state index is 9.84. The molecule has 0 bridgehead atoms. The highest BCUT2D eigenvalue weighted by molar-refractivity contribution is 5.97. The molecule has 1 saturated heterocycles. The van der Waals surface area contributed by atoms with Gasteiger partial charge in [0.15, 0.2) is 6.19 Å². The second-order valence-electron chi connectivity index (χ2n) is 8.21. The van der Waals surface area contributed by atoms with Gasteiger partial charge in [0.25, 0.3) is 0 Å². The molecule has 1 atom stereocenters. The summed E-state index contributed by atoms with van der Waals surface area (Å²) in [5.74, 6) is 1.38. The quantitative estimate of drug-likeness (QED) is 0.302. The van der Waals surface area contributed by atoms with Crippen LogP contribution in [0.5, 0.6) is 0 Å². The maximum Gasteiger partial charge on any atom is 0.212 e. The third-order valence-corrected chi connectivity index (χ3v) is 5.89. The fourth-order valence-corrected chi connectivity index (χ4v) is 4.11. The van der Waals surface area contributed by atoms with Crippen molar-refractivity contribution < 1.29 is 0 Å². The zero-order valence-electron chi connectivity index (χ0n) is 18.2. The molecule has 7 nitrogen and oxygen atoms in total. The van der Waals surface area contributed by atoms with E-state index in [1.165, 1.54) is 4.90 Å². The zero-order valence-corrected chi connectivity index (χ0v) is 18.2. The highest BCUT2D eigenvalue weighted by atomic mass is 15.4. The average Bonchev–Trinajstić information content (AvgIpc) is 2.80. The van der Waals surface area contributed by atoms with Crippen molar-refractivity contribution in [2.24, 2.45) is 5.92 Å². The summed E-state index contributed by atoms with van der Waals surface area (Å²) in [4.78, 5) is 15.1. The lowest BCUT2D eigenvalue weighted by Crippen LogP contribution is -2.60. The number of fused-ring (bicyclic) bond motifs is 1. The number of nitrogens with zero attached hydrogens (tertiary/aromatic N) is 6. The molecule has 2 aromatic carbocycles. The standard InChI is InChI=1S/C24H27N7/c1-17(2)22-15-29(23-14-27-19-9-5-6-10-20(19)28-23)12-13-30(22)24(26)31(16-25)21-11-7-4-8-18(21)3/h4-11,14,17,22,26H,12-13,15H2,1-3H3/t22-/m1/s1. The topological polar surface area (TPSA) is 83.1 Å². The summed E-state index contributed by atoms with van der Waals surface area (Å²) in [6, 6.07) is 15.6. The molecule has 31 heavy (non-hydrogen) atoms. The largest absolute Gasteiger partial charge is 0.351 e. The molecule has 0 unspecified atom stereocenters. The second-order valence-corrected chi connectivity index (χ2v) is 8.21. The monoisotopic (exact) mass is 413 g/mol. The van der Waals surface area contributed by atoms with E-state index >= 15 is 0 Å². The van der Waals surface area contributed by atoms with Gasteiger partial charge in [-0.05, 0) is 36.6 Å². The van der Waals surface area contributed by atoms with E-state index in [0.717, 1.165) is 34.6 Å². The third kappa shape index (κ3) is 4.02. The summed E-state index contributed by atoms with van der Waals surface area (Å²) in [6.45, 7) is 8.35. The number of nitriles is 1. The van der Waals surface area contributed by atoms with Crippen LogP contribution >= 0.6 is 0 Å². The number of benzene rings is 2. The van der Waals surface area contributed by atoms with Gasteiger partial charge in [0, 0.05) is 19.6 Å². The first-order valence-electron chi connectivity index (χ1n) is 10.6. The number of guanidine groups is 1. The van der Waals surface area contributed by atoms with Crippen LogP contribution in [-0.2, 0) is 0 Å². The van der Waals surface area contributed by atoms with Gasteiger partial charge in [-0.3, -0.25) is 10.4 Å². The Bertz CT molecular complexity index is 1130. The van der Waals surface area contributed by atoms with E-state index in [9.17, 15) is 5.26 Å². The molecule has 0 saturated carbocycles. The van der Waals surface area contributed by atoms with E-state index in [1.807, 2.05) is 66.6 Å².